The quantitative estimate of drug-likeness (QED) is 0.105. The van der Waals surface area contributed by atoms with Crippen LogP contribution >= 0.6 is 0 Å². The summed E-state index contributed by atoms with van der Waals surface area (Å²) in [5.74, 6) is -3.29. The third kappa shape index (κ3) is 7.97. The van der Waals surface area contributed by atoms with E-state index in [1.807, 2.05) is 0 Å². The van der Waals surface area contributed by atoms with Gasteiger partial charge in [0.2, 0.25) is 11.8 Å². The molecule has 2 fully saturated rings. The molecule has 0 bridgehead atoms. The first kappa shape index (κ1) is 39.6. The van der Waals surface area contributed by atoms with E-state index in [1.54, 1.807) is 18.2 Å². The maximum absolute atomic E-state index is 15.5. The van der Waals surface area contributed by atoms with Crippen molar-refractivity contribution in [1.82, 2.24) is 30.8 Å². The topological polar surface area (TPSA) is 187 Å². The third-order valence-corrected chi connectivity index (χ3v) is 10.3. The largest absolute Gasteiger partial charge is 0.495 e. The Morgan fingerprint density at radius 2 is 1.69 bits per heavy atom. The second kappa shape index (κ2) is 16.1. The van der Waals surface area contributed by atoms with Gasteiger partial charge in [-0.2, -0.15) is 13.2 Å². The fourth-order valence-electron chi connectivity index (χ4n) is 7.20. The van der Waals surface area contributed by atoms with Gasteiger partial charge in [0.1, 0.15) is 23.4 Å². The Hall–Kier alpha value is -6.63. The number of alkyl halides is 3. The molecular weight excluding hydrogens is 766 g/mol. The van der Waals surface area contributed by atoms with Crippen LogP contribution in [0.3, 0.4) is 0 Å². The molecule has 3 aliphatic heterocycles. The van der Waals surface area contributed by atoms with Gasteiger partial charge in [-0.15, -0.1) is 0 Å². The maximum Gasteiger partial charge on any atom is 0.419 e. The summed E-state index contributed by atoms with van der Waals surface area (Å²) >= 11 is 0. The van der Waals surface area contributed by atoms with Crippen LogP contribution in [0.4, 0.5) is 46.1 Å². The average Bonchev–Trinajstić information content (AvgIpc) is 3.45. The van der Waals surface area contributed by atoms with Crippen molar-refractivity contribution in [2.45, 2.75) is 50.5 Å². The standard InChI is InChI=1S/C39H37F4N9O6/c1-44-35(54)25-18-45-10-7-28(25)48-29-16-33(47-19-26(29)39(41,42)43)49-30-15-27(40)20(13-32(30)58-2)17-46-21-8-11-51(12-9-21)22-3-4-23-24(14-22)38(57)52(37(23)56)31-5-6-34(53)50-36(31)55/h3-4,7,10,13-16,18-19,21,31,46H,5-6,8-9,11-12,17H2,1-2H3,(H,44,54)(H,50,53,55)(H2,45,47,48,49). The average molecular weight is 804 g/mol. The minimum Gasteiger partial charge on any atom is -0.495 e. The van der Waals surface area contributed by atoms with E-state index in [2.05, 4.69) is 41.5 Å². The number of fused-ring (bicyclic) bond motifs is 1. The van der Waals surface area contributed by atoms with Crippen LogP contribution in [-0.4, -0.2) is 83.7 Å². The van der Waals surface area contributed by atoms with Crippen molar-refractivity contribution < 1.29 is 46.3 Å². The van der Waals surface area contributed by atoms with Crippen LogP contribution in [0.1, 0.15) is 67.9 Å². The van der Waals surface area contributed by atoms with Crippen LogP contribution in [0, 0.1) is 5.82 Å². The molecule has 58 heavy (non-hydrogen) atoms. The molecule has 19 heteroatoms. The van der Waals surface area contributed by atoms with E-state index >= 15 is 4.39 Å². The fraction of sp³-hybridized carbons (Fsp3) is 0.308. The number of hydrogen-bond donors (Lipinski definition) is 5. The molecular formula is C39H37F4N9O6. The molecule has 302 valence electrons. The Kier molecular flexibility index (Phi) is 11.0. The van der Waals surface area contributed by atoms with Gasteiger partial charge in [0.15, 0.2) is 0 Å². The number of nitrogens with zero attached hydrogens (tertiary/aromatic N) is 4. The lowest BCUT2D eigenvalue weighted by Crippen LogP contribution is -2.54. The Bertz CT molecular complexity index is 2320. The third-order valence-electron chi connectivity index (χ3n) is 10.3. The Balaban J connectivity index is 0.989. The molecule has 5 N–H and O–H groups in total. The van der Waals surface area contributed by atoms with Gasteiger partial charge in [-0.3, -0.25) is 39.2 Å². The number of pyridine rings is 2. The van der Waals surface area contributed by atoms with Gasteiger partial charge in [-0.1, -0.05) is 0 Å². The van der Waals surface area contributed by atoms with E-state index in [4.69, 9.17) is 4.74 Å². The zero-order valence-electron chi connectivity index (χ0n) is 31.1. The number of methoxy groups -OCH3 is 1. The van der Waals surface area contributed by atoms with E-state index in [9.17, 15) is 37.1 Å². The van der Waals surface area contributed by atoms with Crippen LogP contribution < -0.4 is 36.2 Å². The van der Waals surface area contributed by atoms with Gasteiger partial charge in [0.25, 0.3) is 17.7 Å². The lowest BCUT2D eigenvalue weighted by atomic mass is 10.0. The first-order chi connectivity index (χ1) is 27.7. The number of amides is 5. The second-order valence-electron chi connectivity index (χ2n) is 13.8. The molecule has 2 aromatic heterocycles. The molecule has 4 aromatic rings. The SMILES string of the molecule is CNC(=O)c1cnccc1Nc1cc(Nc2cc(F)c(CNC3CCN(c4ccc5c(c4)C(=O)N(C4CCC(=O)NC4=O)C5=O)CC3)cc2OC)ncc1C(F)(F)F. The second-order valence-corrected chi connectivity index (χ2v) is 13.8. The molecule has 3 aliphatic rings. The minimum absolute atomic E-state index is 0.00619. The zero-order valence-corrected chi connectivity index (χ0v) is 31.1. The molecule has 5 amide bonds. The number of aromatic nitrogens is 2. The Morgan fingerprint density at radius 1 is 0.931 bits per heavy atom. The van der Waals surface area contributed by atoms with Gasteiger partial charge < -0.3 is 30.9 Å². The van der Waals surface area contributed by atoms with E-state index in [0.29, 0.717) is 32.1 Å². The predicted octanol–water partition coefficient (Wildman–Crippen LogP) is 4.65. The van der Waals surface area contributed by atoms with Crippen molar-refractivity contribution in [3.8, 4) is 5.75 Å². The number of hydrogen-bond acceptors (Lipinski definition) is 12. The van der Waals surface area contributed by atoms with Gasteiger partial charge in [0.05, 0.1) is 46.4 Å². The molecule has 15 nitrogen and oxygen atoms in total. The van der Waals surface area contributed by atoms with Crippen LogP contribution in [0.2, 0.25) is 0 Å². The molecule has 2 aromatic carbocycles. The van der Waals surface area contributed by atoms with Crippen molar-refractivity contribution in [1.29, 1.82) is 0 Å². The highest BCUT2D eigenvalue weighted by molar-refractivity contribution is 6.23. The Labute approximate surface area is 328 Å². The smallest absolute Gasteiger partial charge is 0.419 e. The van der Waals surface area contributed by atoms with Gasteiger partial charge in [-0.25, -0.2) is 9.37 Å². The molecule has 1 unspecified atom stereocenters. The number of anilines is 5. The molecule has 0 aliphatic carbocycles. The highest BCUT2D eigenvalue weighted by Crippen LogP contribution is 2.39. The number of halogens is 4. The number of carbonyl (C=O) groups excluding carboxylic acids is 5. The number of ether oxygens (including phenoxy) is 1. The number of piperidine rings is 2. The monoisotopic (exact) mass is 803 g/mol. The fourth-order valence-corrected chi connectivity index (χ4v) is 7.20. The Morgan fingerprint density at radius 3 is 2.40 bits per heavy atom. The van der Waals surface area contributed by atoms with Crippen LogP contribution in [0.25, 0.3) is 0 Å². The van der Waals surface area contributed by atoms with Gasteiger partial charge in [-0.05, 0) is 49.6 Å². The summed E-state index contributed by atoms with van der Waals surface area (Å²) in [6, 6.07) is 9.03. The van der Waals surface area contributed by atoms with Crippen molar-refractivity contribution in [3.63, 3.8) is 0 Å². The molecule has 0 radical (unpaired) electrons. The lowest BCUT2D eigenvalue weighted by molar-refractivity contribution is -0.137. The highest BCUT2D eigenvalue weighted by Gasteiger charge is 2.45. The summed E-state index contributed by atoms with van der Waals surface area (Å²) in [5.41, 5.74) is 0.102. The van der Waals surface area contributed by atoms with Gasteiger partial charge in [0, 0.05) is 81.1 Å². The van der Waals surface area contributed by atoms with Crippen LogP contribution in [0.15, 0.2) is 61.1 Å². The van der Waals surface area contributed by atoms with Crippen molar-refractivity contribution in [3.05, 3.63) is 94.7 Å². The molecule has 0 spiro atoms. The zero-order chi connectivity index (χ0) is 41.3. The molecule has 2 saturated heterocycles. The summed E-state index contributed by atoms with van der Waals surface area (Å²) in [4.78, 5) is 73.5. The summed E-state index contributed by atoms with van der Waals surface area (Å²) in [6.45, 7) is 1.33. The first-order valence-electron chi connectivity index (χ1n) is 18.2. The number of rotatable bonds is 11. The van der Waals surface area contributed by atoms with Crippen LogP contribution in [0.5, 0.6) is 5.75 Å². The van der Waals surface area contributed by atoms with E-state index in [-0.39, 0.29) is 70.6 Å². The van der Waals surface area contributed by atoms with E-state index in [1.165, 1.54) is 44.8 Å². The first-order valence-corrected chi connectivity index (χ1v) is 18.2. The summed E-state index contributed by atoms with van der Waals surface area (Å²) in [6.07, 6.45) is -0.192. The number of imide groups is 2. The van der Waals surface area contributed by atoms with Crippen molar-refractivity contribution >= 4 is 58.1 Å². The lowest BCUT2D eigenvalue weighted by Gasteiger charge is -2.34. The summed E-state index contributed by atoms with van der Waals surface area (Å²) in [7, 11) is 2.75. The van der Waals surface area contributed by atoms with Crippen molar-refractivity contribution in [2.75, 3.05) is 42.8 Å². The molecule has 5 heterocycles. The van der Waals surface area contributed by atoms with Gasteiger partial charge >= 0.3 is 6.18 Å². The normalized spacial score (nSPS) is 17.2. The van der Waals surface area contributed by atoms with Crippen LogP contribution in [-0.2, 0) is 22.3 Å². The summed E-state index contributed by atoms with van der Waals surface area (Å²) in [5, 5.41) is 13.5. The molecule has 0 saturated carbocycles. The van der Waals surface area contributed by atoms with E-state index in [0.717, 1.165) is 16.7 Å². The highest BCUT2D eigenvalue weighted by atomic mass is 19.4. The predicted molar refractivity (Wildman–Crippen MR) is 202 cm³/mol. The van der Waals surface area contributed by atoms with Crippen molar-refractivity contribution in [2.24, 2.45) is 0 Å². The molecule has 7 rings (SSSR count). The van der Waals surface area contributed by atoms with E-state index < -0.39 is 58.8 Å². The number of carbonyl (C=O) groups is 5. The summed E-state index contributed by atoms with van der Waals surface area (Å²) < 4.78 is 63.0. The molecule has 1 atom stereocenters. The maximum atomic E-state index is 15.5. The number of nitrogens with one attached hydrogen (secondary N) is 5. The number of benzene rings is 2. The minimum atomic E-state index is -4.80.